The SMILES string of the molecule is CCCc1nccn1-c1ccc(N)c2cnccc12. The topological polar surface area (TPSA) is 56.7 Å². The van der Waals surface area contributed by atoms with Gasteiger partial charge in [0.25, 0.3) is 0 Å². The van der Waals surface area contributed by atoms with Crippen LogP contribution in [0.4, 0.5) is 5.69 Å². The van der Waals surface area contributed by atoms with Gasteiger partial charge in [0.1, 0.15) is 5.82 Å². The third-order valence-corrected chi connectivity index (χ3v) is 3.28. The van der Waals surface area contributed by atoms with Crippen molar-refractivity contribution in [3.05, 3.63) is 48.8 Å². The average molecular weight is 252 g/mol. The molecule has 96 valence electrons. The van der Waals surface area contributed by atoms with E-state index >= 15 is 0 Å². The summed E-state index contributed by atoms with van der Waals surface area (Å²) in [6, 6.07) is 5.96. The maximum Gasteiger partial charge on any atom is 0.113 e. The second-order valence-electron chi connectivity index (χ2n) is 4.56. The molecule has 3 rings (SSSR count). The normalized spacial score (nSPS) is 11.0. The average Bonchev–Trinajstić information content (AvgIpc) is 2.88. The second-order valence-corrected chi connectivity index (χ2v) is 4.56. The molecule has 19 heavy (non-hydrogen) atoms. The molecule has 0 aliphatic carbocycles. The maximum atomic E-state index is 6.01. The molecule has 2 heterocycles. The Balaban J connectivity index is 2.25. The van der Waals surface area contributed by atoms with Crippen molar-refractivity contribution >= 4 is 16.5 Å². The number of nitrogens with two attached hydrogens (primary N) is 1. The molecule has 0 atom stereocenters. The van der Waals surface area contributed by atoms with Gasteiger partial charge in [-0.05, 0) is 24.6 Å². The van der Waals surface area contributed by atoms with E-state index in [1.807, 2.05) is 36.8 Å². The summed E-state index contributed by atoms with van der Waals surface area (Å²) in [5.41, 5.74) is 7.87. The molecule has 0 unspecified atom stereocenters. The Morgan fingerprint density at radius 2 is 2.05 bits per heavy atom. The number of hydrogen-bond acceptors (Lipinski definition) is 3. The first-order valence-corrected chi connectivity index (χ1v) is 6.46. The van der Waals surface area contributed by atoms with Crippen molar-refractivity contribution in [1.82, 2.24) is 14.5 Å². The molecule has 4 nitrogen and oxygen atoms in total. The summed E-state index contributed by atoms with van der Waals surface area (Å²) in [5.74, 6) is 1.07. The largest absolute Gasteiger partial charge is 0.398 e. The van der Waals surface area contributed by atoms with Gasteiger partial charge in [-0.2, -0.15) is 0 Å². The van der Waals surface area contributed by atoms with E-state index in [9.17, 15) is 0 Å². The highest BCUT2D eigenvalue weighted by Gasteiger charge is 2.09. The summed E-state index contributed by atoms with van der Waals surface area (Å²) in [5, 5.41) is 2.08. The van der Waals surface area contributed by atoms with Gasteiger partial charge in [0, 0.05) is 47.7 Å². The molecular formula is C15H16N4. The van der Waals surface area contributed by atoms with Crippen LogP contribution in [0.15, 0.2) is 43.0 Å². The van der Waals surface area contributed by atoms with Gasteiger partial charge in [-0.15, -0.1) is 0 Å². The molecule has 0 bridgehead atoms. The zero-order chi connectivity index (χ0) is 13.2. The van der Waals surface area contributed by atoms with Crippen molar-refractivity contribution in [2.24, 2.45) is 0 Å². The first-order chi connectivity index (χ1) is 9.31. The van der Waals surface area contributed by atoms with Crippen LogP contribution >= 0.6 is 0 Å². The quantitative estimate of drug-likeness (QED) is 0.729. The molecule has 3 aromatic rings. The number of pyridine rings is 1. The van der Waals surface area contributed by atoms with Gasteiger partial charge in [0.05, 0.1) is 5.69 Å². The Bertz CT molecular complexity index is 715. The third-order valence-electron chi connectivity index (χ3n) is 3.28. The standard InChI is InChI=1S/C15H16N4/c1-2-3-15-18-8-9-19(15)14-5-4-13(16)12-10-17-7-6-11(12)14/h4-10H,2-3,16H2,1H3. The van der Waals surface area contributed by atoms with Crippen LogP contribution in [0.1, 0.15) is 19.2 Å². The van der Waals surface area contributed by atoms with Crippen LogP contribution in [0.25, 0.3) is 16.5 Å². The fourth-order valence-corrected chi connectivity index (χ4v) is 2.37. The molecule has 0 amide bonds. The molecule has 0 radical (unpaired) electrons. The maximum absolute atomic E-state index is 6.01. The van der Waals surface area contributed by atoms with E-state index in [2.05, 4.69) is 21.5 Å². The van der Waals surface area contributed by atoms with E-state index in [1.165, 1.54) is 0 Å². The number of aromatic nitrogens is 3. The highest BCUT2D eigenvalue weighted by atomic mass is 15.1. The minimum Gasteiger partial charge on any atom is -0.398 e. The highest BCUT2D eigenvalue weighted by Crippen LogP contribution is 2.27. The van der Waals surface area contributed by atoms with Gasteiger partial charge >= 0.3 is 0 Å². The number of anilines is 1. The summed E-state index contributed by atoms with van der Waals surface area (Å²) in [7, 11) is 0. The fraction of sp³-hybridized carbons (Fsp3) is 0.200. The Labute approximate surface area is 111 Å². The van der Waals surface area contributed by atoms with Gasteiger partial charge in [0.2, 0.25) is 0 Å². The van der Waals surface area contributed by atoms with E-state index in [1.54, 1.807) is 6.20 Å². The molecule has 1 aromatic carbocycles. The number of imidazole rings is 1. The summed E-state index contributed by atoms with van der Waals surface area (Å²) >= 11 is 0. The molecule has 2 aromatic heterocycles. The number of hydrogen-bond donors (Lipinski definition) is 1. The minimum atomic E-state index is 0.754. The lowest BCUT2D eigenvalue weighted by Crippen LogP contribution is -2.02. The molecule has 0 saturated heterocycles. The number of fused-ring (bicyclic) bond motifs is 1. The summed E-state index contributed by atoms with van der Waals surface area (Å²) < 4.78 is 2.13. The molecule has 2 N–H and O–H groups in total. The third kappa shape index (κ3) is 1.95. The summed E-state index contributed by atoms with van der Waals surface area (Å²) in [6.07, 6.45) is 9.48. The van der Waals surface area contributed by atoms with Crippen LogP contribution < -0.4 is 5.73 Å². The predicted molar refractivity (Wildman–Crippen MR) is 77.3 cm³/mol. The van der Waals surface area contributed by atoms with E-state index < -0.39 is 0 Å². The summed E-state index contributed by atoms with van der Waals surface area (Å²) in [6.45, 7) is 2.16. The van der Waals surface area contributed by atoms with Crippen LogP contribution in [0, 0.1) is 0 Å². The monoisotopic (exact) mass is 252 g/mol. The van der Waals surface area contributed by atoms with Gasteiger partial charge in [-0.1, -0.05) is 6.92 Å². The summed E-state index contributed by atoms with van der Waals surface area (Å²) in [4.78, 5) is 8.58. The van der Waals surface area contributed by atoms with E-state index in [0.29, 0.717) is 0 Å². The lowest BCUT2D eigenvalue weighted by molar-refractivity contribution is 0.811. The van der Waals surface area contributed by atoms with E-state index in [-0.39, 0.29) is 0 Å². The Kier molecular flexibility index (Phi) is 2.91. The number of rotatable bonds is 3. The lowest BCUT2D eigenvalue weighted by Gasteiger charge is -2.11. The number of nitrogens with zero attached hydrogens (tertiary/aromatic N) is 3. The lowest BCUT2D eigenvalue weighted by atomic mass is 10.1. The number of benzene rings is 1. The first kappa shape index (κ1) is 11.7. The van der Waals surface area contributed by atoms with Gasteiger partial charge in [-0.3, -0.25) is 4.98 Å². The Hall–Kier alpha value is -2.36. The number of nitrogen functional groups attached to an aromatic ring is 1. The minimum absolute atomic E-state index is 0.754. The zero-order valence-corrected chi connectivity index (χ0v) is 10.9. The second kappa shape index (κ2) is 4.72. The van der Waals surface area contributed by atoms with Crippen LogP contribution in [0.5, 0.6) is 0 Å². The predicted octanol–water partition coefficient (Wildman–Crippen LogP) is 2.96. The van der Waals surface area contributed by atoms with Crippen LogP contribution in [-0.4, -0.2) is 14.5 Å². The van der Waals surface area contributed by atoms with Gasteiger partial charge in [0.15, 0.2) is 0 Å². The van der Waals surface area contributed by atoms with Crippen LogP contribution in [0.3, 0.4) is 0 Å². The van der Waals surface area contributed by atoms with Gasteiger partial charge in [-0.25, -0.2) is 4.98 Å². The van der Waals surface area contributed by atoms with Crippen molar-refractivity contribution in [1.29, 1.82) is 0 Å². The van der Waals surface area contributed by atoms with E-state index in [0.717, 1.165) is 40.8 Å². The molecule has 0 aliphatic rings. The smallest absolute Gasteiger partial charge is 0.113 e. The van der Waals surface area contributed by atoms with E-state index in [4.69, 9.17) is 5.73 Å². The Morgan fingerprint density at radius 1 is 1.16 bits per heavy atom. The van der Waals surface area contributed by atoms with Crippen molar-refractivity contribution in [2.75, 3.05) is 5.73 Å². The van der Waals surface area contributed by atoms with Gasteiger partial charge < -0.3 is 10.3 Å². The van der Waals surface area contributed by atoms with Crippen LogP contribution in [-0.2, 0) is 6.42 Å². The zero-order valence-electron chi connectivity index (χ0n) is 10.9. The van der Waals surface area contributed by atoms with Crippen LogP contribution in [0.2, 0.25) is 0 Å². The van der Waals surface area contributed by atoms with Crippen molar-refractivity contribution in [3.63, 3.8) is 0 Å². The molecule has 0 fully saturated rings. The van der Waals surface area contributed by atoms with Crippen molar-refractivity contribution < 1.29 is 0 Å². The molecule has 0 spiro atoms. The molecule has 0 saturated carbocycles. The highest BCUT2D eigenvalue weighted by molar-refractivity contribution is 5.97. The Morgan fingerprint density at radius 3 is 2.89 bits per heavy atom. The fourth-order valence-electron chi connectivity index (χ4n) is 2.37. The molecular weight excluding hydrogens is 236 g/mol. The van der Waals surface area contributed by atoms with Crippen molar-refractivity contribution in [3.8, 4) is 5.69 Å². The molecule has 0 aliphatic heterocycles. The van der Waals surface area contributed by atoms with Crippen molar-refractivity contribution in [2.45, 2.75) is 19.8 Å². The molecule has 4 heteroatoms. The number of aryl methyl sites for hydroxylation is 1. The first-order valence-electron chi connectivity index (χ1n) is 6.46.